The Bertz CT molecular complexity index is 373. The van der Waals surface area contributed by atoms with Crippen molar-refractivity contribution in [1.82, 2.24) is 0 Å². The fourth-order valence-electron chi connectivity index (χ4n) is 2.89. The molecule has 0 bridgehead atoms. The molecule has 0 radical (unpaired) electrons. The maximum Gasteiger partial charge on any atom is 0.313 e. The third-order valence-electron chi connectivity index (χ3n) is 4.71. The van der Waals surface area contributed by atoms with Crippen LogP contribution < -0.4 is 0 Å². The zero-order valence-electron chi connectivity index (χ0n) is 14.0. The van der Waals surface area contributed by atoms with Crippen molar-refractivity contribution >= 4 is 43.3 Å². The smallest absolute Gasteiger partial charge is 0.313 e. The minimum Gasteiger partial charge on any atom is -0.466 e. The molecule has 0 saturated carbocycles. The third-order valence-corrected chi connectivity index (χ3v) is 9.97. The van der Waals surface area contributed by atoms with Crippen molar-refractivity contribution in [2.24, 2.45) is 11.3 Å². The number of carbonyl (C=O) groups is 2. The number of halogens is 1. The molecule has 1 fully saturated rings. The fourth-order valence-corrected chi connectivity index (χ4v) is 6.04. The predicted octanol–water partition coefficient (Wildman–Crippen LogP) is 3.58. The summed E-state index contributed by atoms with van der Waals surface area (Å²) in [6, 6.07) is 4.20. The highest BCUT2D eigenvalue weighted by Crippen LogP contribution is 2.35. The van der Waals surface area contributed by atoms with Crippen LogP contribution in [0.25, 0.3) is 0 Å². The highest BCUT2D eigenvalue weighted by Gasteiger charge is 2.45. The summed E-state index contributed by atoms with van der Waals surface area (Å²) in [5.41, 5.74) is -0.800. The highest BCUT2D eigenvalue weighted by atomic mass is 127. The first-order valence-electron chi connectivity index (χ1n) is 8.39. The summed E-state index contributed by atoms with van der Waals surface area (Å²) in [6.07, 6.45) is 2.98. The molecule has 1 aliphatic heterocycles. The lowest BCUT2D eigenvalue weighted by molar-refractivity contribution is -0.166. The van der Waals surface area contributed by atoms with Crippen LogP contribution >= 0.6 is 22.6 Å². The molecule has 0 aromatic heterocycles. The number of ether oxygens (including phenoxy) is 2. The maximum absolute atomic E-state index is 12.4. The van der Waals surface area contributed by atoms with Crippen LogP contribution in [0.3, 0.4) is 0 Å². The van der Waals surface area contributed by atoms with Gasteiger partial charge in [0.25, 0.3) is 0 Å². The predicted molar refractivity (Wildman–Crippen MR) is 99.2 cm³/mol. The molecule has 6 heteroatoms. The lowest BCUT2D eigenvalue weighted by Crippen LogP contribution is -2.43. The van der Waals surface area contributed by atoms with Crippen molar-refractivity contribution in [2.75, 3.05) is 17.6 Å². The summed E-state index contributed by atoms with van der Waals surface area (Å²) in [6.45, 7) is 6.36. The van der Waals surface area contributed by atoms with Crippen molar-refractivity contribution in [1.29, 1.82) is 0 Å². The zero-order chi connectivity index (χ0) is 16.6. The molecule has 2 atom stereocenters. The Morgan fingerprint density at radius 1 is 1.27 bits per heavy atom. The monoisotopic (exact) mass is 440 g/mol. The second-order valence-corrected chi connectivity index (χ2v) is 10.6. The minimum absolute atomic E-state index is 0.245. The Balaban J connectivity index is 2.50. The summed E-state index contributed by atoms with van der Waals surface area (Å²) in [7, 11) is -0.427. The van der Waals surface area contributed by atoms with Crippen LogP contribution in [0.15, 0.2) is 0 Å². The normalized spacial score (nSPS) is 18.9. The molecule has 22 heavy (non-hydrogen) atoms. The number of rotatable bonds is 10. The van der Waals surface area contributed by atoms with Gasteiger partial charge in [0.15, 0.2) is 0 Å². The van der Waals surface area contributed by atoms with Crippen LogP contribution in [-0.4, -0.2) is 38.4 Å². The van der Waals surface area contributed by atoms with Crippen molar-refractivity contribution in [2.45, 2.75) is 58.2 Å². The Morgan fingerprint density at radius 2 is 1.95 bits per heavy atom. The van der Waals surface area contributed by atoms with Gasteiger partial charge in [0.05, 0.1) is 24.5 Å². The molecule has 128 valence electrons. The van der Waals surface area contributed by atoms with Crippen molar-refractivity contribution in [3.05, 3.63) is 0 Å². The number of carbonyl (C=O) groups excluding carboxylic acids is 2. The topological polar surface area (TPSA) is 52.6 Å². The molecule has 0 aliphatic carbocycles. The van der Waals surface area contributed by atoms with Gasteiger partial charge in [-0.1, -0.05) is 54.1 Å². The van der Waals surface area contributed by atoms with Crippen molar-refractivity contribution in [3.8, 4) is 0 Å². The first-order chi connectivity index (χ1) is 10.5. The van der Waals surface area contributed by atoms with E-state index in [1.807, 2.05) is 13.8 Å². The molecular formula is C16H29IO4Si. The molecule has 1 aliphatic rings. The van der Waals surface area contributed by atoms with Gasteiger partial charge >= 0.3 is 11.9 Å². The molecule has 0 N–H and O–H groups in total. The number of esters is 2. The molecular weight excluding hydrogens is 411 g/mol. The summed E-state index contributed by atoms with van der Waals surface area (Å²) in [5, 5.41) is 0. The standard InChI is InChI=1S/C16H29IO4Si/c1-4-13(16(3,12-17)15(19)20-5-2)14(18)21-8-6-9-22-10-7-11-22/h13,22H,4-12H2,1-3H3. The van der Waals surface area contributed by atoms with Crippen LogP contribution in [0.1, 0.15) is 40.0 Å². The van der Waals surface area contributed by atoms with Gasteiger partial charge in [-0.05, 0) is 26.7 Å². The number of hydrogen-bond donors (Lipinski definition) is 0. The quantitative estimate of drug-likeness (QED) is 0.171. The third kappa shape index (κ3) is 5.21. The fraction of sp³-hybridized carbons (Fsp3) is 0.875. The molecule has 0 spiro atoms. The molecule has 1 heterocycles. The van der Waals surface area contributed by atoms with E-state index in [0.717, 1.165) is 6.42 Å². The van der Waals surface area contributed by atoms with E-state index >= 15 is 0 Å². The first kappa shape index (κ1) is 19.9. The van der Waals surface area contributed by atoms with Gasteiger partial charge in [0.1, 0.15) is 0 Å². The zero-order valence-corrected chi connectivity index (χ0v) is 17.3. The largest absolute Gasteiger partial charge is 0.466 e. The molecule has 1 saturated heterocycles. The van der Waals surface area contributed by atoms with E-state index < -0.39 is 20.1 Å². The van der Waals surface area contributed by atoms with Crippen molar-refractivity contribution < 1.29 is 19.1 Å². The second kappa shape index (κ2) is 9.90. The lowest BCUT2D eigenvalue weighted by Gasteiger charge is -2.31. The Labute approximate surface area is 149 Å². The summed E-state index contributed by atoms with van der Waals surface area (Å²) < 4.78 is 11.2. The Kier molecular flexibility index (Phi) is 8.97. The number of alkyl halides is 1. The van der Waals surface area contributed by atoms with E-state index in [-0.39, 0.29) is 11.9 Å². The molecule has 2 unspecified atom stereocenters. The minimum atomic E-state index is -0.800. The van der Waals surface area contributed by atoms with E-state index in [2.05, 4.69) is 22.6 Å². The highest BCUT2D eigenvalue weighted by molar-refractivity contribution is 14.1. The van der Waals surface area contributed by atoms with E-state index in [1.165, 1.54) is 24.6 Å². The average molecular weight is 440 g/mol. The van der Waals surface area contributed by atoms with Gasteiger partial charge < -0.3 is 9.47 Å². The summed E-state index contributed by atoms with van der Waals surface area (Å²) in [4.78, 5) is 24.6. The molecule has 0 aromatic carbocycles. The molecule has 0 aromatic rings. The van der Waals surface area contributed by atoms with Crippen molar-refractivity contribution in [3.63, 3.8) is 0 Å². The van der Waals surface area contributed by atoms with E-state index in [1.54, 1.807) is 6.92 Å². The first-order valence-corrected chi connectivity index (χ1v) is 12.4. The van der Waals surface area contributed by atoms with Gasteiger partial charge in [-0.15, -0.1) is 0 Å². The second-order valence-electron chi connectivity index (χ2n) is 6.34. The Hall–Kier alpha value is -0.113. The maximum atomic E-state index is 12.4. The molecule has 1 rings (SSSR count). The molecule has 0 amide bonds. The summed E-state index contributed by atoms with van der Waals surface area (Å²) >= 11 is 2.16. The lowest BCUT2D eigenvalue weighted by atomic mass is 9.77. The van der Waals surface area contributed by atoms with Crippen LogP contribution in [-0.2, 0) is 19.1 Å². The van der Waals surface area contributed by atoms with E-state index in [9.17, 15) is 9.59 Å². The van der Waals surface area contributed by atoms with Gasteiger partial charge in [-0.25, -0.2) is 0 Å². The van der Waals surface area contributed by atoms with E-state index in [4.69, 9.17) is 9.47 Å². The van der Waals surface area contributed by atoms with Gasteiger partial charge in [0.2, 0.25) is 0 Å². The van der Waals surface area contributed by atoms with Crippen LogP contribution in [0.4, 0.5) is 0 Å². The van der Waals surface area contributed by atoms with Gasteiger partial charge in [-0.2, -0.15) is 0 Å². The Morgan fingerprint density at radius 3 is 2.41 bits per heavy atom. The van der Waals surface area contributed by atoms with Crippen LogP contribution in [0, 0.1) is 11.3 Å². The average Bonchev–Trinajstić information content (AvgIpc) is 2.45. The van der Waals surface area contributed by atoms with Gasteiger partial charge in [-0.3, -0.25) is 9.59 Å². The molecule has 4 nitrogen and oxygen atoms in total. The summed E-state index contributed by atoms with van der Waals surface area (Å²) in [5.74, 6) is -0.968. The van der Waals surface area contributed by atoms with Crippen LogP contribution in [0.2, 0.25) is 18.1 Å². The van der Waals surface area contributed by atoms with Crippen LogP contribution in [0.5, 0.6) is 0 Å². The SMILES string of the molecule is CCOC(=O)C(C)(CI)C(CC)C(=O)OCCC[SiH]1CCC1. The number of hydrogen-bond acceptors (Lipinski definition) is 4. The van der Waals surface area contributed by atoms with E-state index in [0.29, 0.717) is 24.1 Å². The van der Waals surface area contributed by atoms with Gasteiger partial charge in [0, 0.05) is 13.2 Å².